The van der Waals surface area contributed by atoms with Gasteiger partial charge in [0.1, 0.15) is 11.5 Å². The van der Waals surface area contributed by atoms with E-state index in [1.165, 1.54) is 0 Å². The van der Waals surface area contributed by atoms with E-state index in [0.717, 1.165) is 17.9 Å². The maximum absolute atomic E-state index is 11.4. The molecule has 1 N–H and O–H groups in total. The molecule has 5 nitrogen and oxygen atoms in total. The molecule has 0 heterocycles. The topological polar surface area (TPSA) is 59.9 Å². The van der Waals surface area contributed by atoms with Crippen LogP contribution in [0.5, 0.6) is 11.5 Å². The lowest BCUT2D eigenvalue weighted by molar-refractivity contribution is -0.123. The third-order valence-corrected chi connectivity index (χ3v) is 2.31. The van der Waals surface area contributed by atoms with Crippen molar-refractivity contribution in [2.24, 2.45) is 5.10 Å². The molecule has 0 saturated carbocycles. The van der Waals surface area contributed by atoms with Crippen LogP contribution in [0, 0.1) is 0 Å². The number of methoxy groups -OCH3 is 1. The SMILES string of the molecule is CC/C(C)=N/NC(=O)COc1ccc(OC)cc1. The number of hydrazone groups is 1. The number of rotatable bonds is 6. The van der Waals surface area contributed by atoms with Gasteiger partial charge in [-0.25, -0.2) is 5.43 Å². The number of nitrogens with one attached hydrogen (secondary N) is 1. The molecule has 0 aliphatic carbocycles. The summed E-state index contributed by atoms with van der Waals surface area (Å²) in [5.41, 5.74) is 3.29. The highest BCUT2D eigenvalue weighted by Gasteiger charge is 2.01. The number of ether oxygens (including phenoxy) is 2. The van der Waals surface area contributed by atoms with Crippen LogP contribution in [0.15, 0.2) is 29.4 Å². The largest absolute Gasteiger partial charge is 0.497 e. The van der Waals surface area contributed by atoms with Crippen LogP contribution in [-0.2, 0) is 4.79 Å². The molecule has 0 aliphatic rings. The molecule has 1 rings (SSSR count). The maximum atomic E-state index is 11.4. The highest BCUT2D eigenvalue weighted by molar-refractivity contribution is 5.84. The molecule has 0 saturated heterocycles. The molecule has 0 unspecified atom stereocenters. The molecule has 0 atom stereocenters. The van der Waals surface area contributed by atoms with Crippen LogP contribution in [0.3, 0.4) is 0 Å². The van der Waals surface area contributed by atoms with Gasteiger partial charge in [0, 0.05) is 5.71 Å². The Morgan fingerprint density at radius 1 is 1.28 bits per heavy atom. The number of hydrogen-bond acceptors (Lipinski definition) is 4. The first-order valence-electron chi connectivity index (χ1n) is 5.74. The molecule has 1 aromatic carbocycles. The van der Waals surface area contributed by atoms with E-state index >= 15 is 0 Å². The van der Waals surface area contributed by atoms with Crippen molar-refractivity contribution in [3.63, 3.8) is 0 Å². The fourth-order valence-electron chi connectivity index (χ4n) is 1.09. The fourth-order valence-corrected chi connectivity index (χ4v) is 1.09. The third kappa shape index (κ3) is 4.86. The van der Waals surface area contributed by atoms with Crippen LogP contribution in [0.4, 0.5) is 0 Å². The fraction of sp³-hybridized carbons (Fsp3) is 0.385. The molecule has 0 radical (unpaired) electrons. The van der Waals surface area contributed by atoms with Crippen molar-refractivity contribution >= 4 is 11.6 Å². The summed E-state index contributed by atoms with van der Waals surface area (Å²) < 4.78 is 10.3. The Morgan fingerprint density at radius 2 is 1.89 bits per heavy atom. The van der Waals surface area contributed by atoms with Gasteiger partial charge in [0.25, 0.3) is 5.91 Å². The van der Waals surface area contributed by atoms with Gasteiger partial charge in [-0.15, -0.1) is 0 Å². The Morgan fingerprint density at radius 3 is 2.44 bits per heavy atom. The van der Waals surface area contributed by atoms with E-state index < -0.39 is 0 Å². The summed E-state index contributed by atoms with van der Waals surface area (Å²) in [6.07, 6.45) is 0.805. The van der Waals surface area contributed by atoms with E-state index in [2.05, 4.69) is 10.5 Å². The molecular weight excluding hydrogens is 232 g/mol. The lowest BCUT2D eigenvalue weighted by Crippen LogP contribution is -2.25. The number of benzene rings is 1. The number of carbonyl (C=O) groups excluding carboxylic acids is 1. The van der Waals surface area contributed by atoms with Crippen LogP contribution in [0.25, 0.3) is 0 Å². The van der Waals surface area contributed by atoms with Gasteiger partial charge >= 0.3 is 0 Å². The van der Waals surface area contributed by atoms with Gasteiger partial charge in [0.2, 0.25) is 0 Å². The molecule has 1 amide bonds. The number of nitrogens with zero attached hydrogens (tertiary/aromatic N) is 1. The molecule has 5 heteroatoms. The standard InChI is InChI=1S/C13H18N2O3/c1-4-10(2)14-15-13(16)9-18-12-7-5-11(17-3)6-8-12/h5-8H,4,9H2,1-3H3,(H,15,16)/b14-10+. The first-order chi connectivity index (χ1) is 8.65. The highest BCUT2D eigenvalue weighted by atomic mass is 16.5. The average molecular weight is 250 g/mol. The van der Waals surface area contributed by atoms with E-state index in [4.69, 9.17) is 9.47 Å². The predicted octanol–water partition coefficient (Wildman–Crippen LogP) is 1.98. The van der Waals surface area contributed by atoms with Gasteiger partial charge in [-0.2, -0.15) is 5.10 Å². The lowest BCUT2D eigenvalue weighted by atomic mass is 10.3. The van der Waals surface area contributed by atoms with Crippen molar-refractivity contribution in [3.8, 4) is 11.5 Å². The molecular formula is C13H18N2O3. The average Bonchev–Trinajstić information content (AvgIpc) is 2.42. The number of carbonyl (C=O) groups is 1. The quantitative estimate of drug-likeness (QED) is 0.620. The first-order valence-corrected chi connectivity index (χ1v) is 5.74. The minimum Gasteiger partial charge on any atom is -0.497 e. The zero-order valence-corrected chi connectivity index (χ0v) is 10.9. The summed E-state index contributed by atoms with van der Waals surface area (Å²) in [6, 6.07) is 7.03. The van der Waals surface area contributed by atoms with Crippen molar-refractivity contribution in [3.05, 3.63) is 24.3 Å². The summed E-state index contributed by atoms with van der Waals surface area (Å²) in [5.74, 6) is 1.08. The van der Waals surface area contributed by atoms with E-state index in [1.54, 1.807) is 31.4 Å². The van der Waals surface area contributed by atoms with Gasteiger partial charge < -0.3 is 9.47 Å². The maximum Gasteiger partial charge on any atom is 0.277 e. The van der Waals surface area contributed by atoms with Gasteiger partial charge in [0.15, 0.2) is 6.61 Å². The Kier molecular flexibility index (Phi) is 5.70. The van der Waals surface area contributed by atoms with Crippen LogP contribution in [-0.4, -0.2) is 25.3 Å². The first kappa shape index (κ1) is 14.0. The monoisotopic (exact) mass is 250 g/mol. The predicted molar refractivity (Wildman–Crippen MR) is 70.0 cm³/mol. The smallest absolute Gasteiger partial charge is 0.277 e. The van der Waals surface area contributed by atoms with E-state index in [9.17, 15) is 4.79 Å². The van der Waals surface area contributed by atoms with E-state index in [1.807, 2.05) is 13.8 Å². The molecule has 0 spiro atoms. The summed E-state index contributed by atoms with van der Waals surface area (Å²) in [7, 11) is 1.59. The Hall–Kier alpha value is -2.04. The van der Waals surface area contributed by atoms with Gasteiger partial charge in [-0.05, 0) is 37.6 Å². The number of hydrogen-bond donors (Lipinski definition) is 1. The molecule has 0 bridgehead atoms. The second-order valence-electron chi connectivity index (χ2n) is 3.70. The number of amides is 1. The van der Waals surface area contributed by atoms with Crippen molar-refractivity contribution < 1.29 is 14.3 Å². The minimum atomic E-state index is -0.279. The minimum absolute atomic E-state index is 0.0627. The van der Waals surface area contributed by atoms with E-state index in [0.29, 0.717) is 5.75 Å². The third-order valence-electron chi connectivity index (χ3n) is 2.31. The Bertz CT molecular complexity index is 413. The van der Waals surface area contributed by atoms with Gasteiger partial charge in [-0.3, -0.25) is 4.79 Å². The van der Waals surface area contributed by atoms with Gasteiger partial charge in [-0.1, -0.05) is 6.92 Å². The van der Waals surface area contributed by atoms with Crippen molar-refractivity contribution in [2.75, 3.05) is 13.7 Å². The molecule has 0 fully saturated rings. The second kappa shape index (κ2) is 7.32. The van der Waals surface area contributed by atoms with Crippen molar-refractivity contribution in [1.29, 1.82) is 0 Å². The molecule has 18 heavy (non-hydrogen) atoms. The Labute approximate surface area is 107 Å². The van der Waals surface area contributed by atoms with Crippen molar-refractivity contribution in [2.45, 2.75) is 20.3 Å². The Balaban J connectivity index is 2.37. The molecule has 98 valence electrons. The molecule has 1 aromatic rings. The van der Waals surface area contributed by atoms with Crippen LogP contribution in [0.2, 0.25) is 0 Å². The zero-order chi connectivity index (χ0) is 13.4. The van der Waals surface area contributed by atoms with Crippen LogP contribution in [0.1, 0.15) is 20.3 Å². The van der Waals surface area contributed by atoms with Crippen LogP contribution >= 0.6 is 0 Å². The normalized spacial score (nSPS) is 10.9. The van der Waals surface area contributed by atoms with Gasteiger partial charge in [0.05, 0.1) is 7.11 Å². The highest BCUT2D eigenvalue weighted by Crippen LogP contribution is 2.16. The van der Waals surface area contributed by atoms with Crippen LogP contribution < -0.4 is 14.9 Å². The summed E-state index contributed by atoms with van der Waals surface area (Å²) in [5, 5.41) is 3.90. The molecule has 0 aromatic heterocycles. The zero-order valence-electron chi connectivity index (χ0n) is 10.9. The summed E-state index contributed by atoms with van der Waals surface area (Å²) in [4.78, 5) is 11.4. The summed E-state index contributed by atoms with van der Waals surface area (Å²) in [6.45, 7) is 3.76. The van der Waals surface area contributed by atoms with E-state index in [-0.39, 0.29) is 12.5 Å². The van der Waals surface area contributed by atoms with Crippen molar-refractivity contribution in [1.82, 2.24) is 5.43 Å². The lowest BCUT2D eigenvalue weighted by Gasteiger charge is -2.06. The summed E-state index contributed by atoms with van der Waals surface area (Å²) >= 11 is 0. The second-order valence-corrected chi connectivity index (χ2v) is 3.70. The molecule has 0 aliphatic heterocycles.